The Bertz CT molecular complexity index is 1270. The van der Waals surface area contributed by atoms with E-state index in [4.69, 9.17) is 4.99 Å². The zero-order valence-corrected chi connectivity index (χ0v) is 22.2. The van der Waals surface area contributed by atoms with E-state index in [-0.39, 0.29) is 0 Å². The maximum absolute atomic E-state index is 11.9. The van der Waals surface area contributed by atoms with Crippen LogP contribution in [0.4, 0.5) is 0 Å². The minimum Gasteiger partial charge on any atom is -0.365 e. The van der Waals surface area contributed by atoms with Crippen molar-refractivity contribution in [2.45, 2.75) is 20.1 Å². The fourth-order valence-electron chi connectivity index (χ4n) is 4.76. The quantitative estimate of drug-likeness (QED) is 0.320. The number of nitrogens with one attached hydrogen (secondary N) is 1. The lowest BCUT2D eigenvalue weighted by Crippen LogP contribution is -2.41. The number of aryl methyl sites for hydroxylation is 1. The van der Waals surface area contributed by atoms with Gasteiger partial charge in [-0.2, -0.15) is 0 Å². The van der Waals surface area contributed by atoms with Crippen LogP contribution in [0, 0.1) is 6.92 Å². The van der Waals surface area contributed by atoms with Crippen molar-refractivity contribution in [2.75, 3.05) is 5.75 Å². The van der Waals surface area contributed by atoms with E-state index < -0.39 is 13.5 Å². The van der Waals surface area contributed by atoms with Crippen molar-refractivity contribution in [3.05, 3.63) is 137 Å². The zero-order valence-electron chi connectivity index (χ0n) is 20.5. The molecule has 1 aliphatic rings. The molecule has 5 rings (SSSR count). The highest BCUT2D eigenvalue weighted by Gasteiger charge is 2.54. The van der Waals surface area contributed by atoms with Gasteiger partial charge in [-0.15, -0.1) is 11.8 Å². The van der Waals surface area contributed by atoms with Gasteiger partial charge >= 0.3 is 0 Å². The number of aliphatic hydroxyl groups is 1. The summed E-state index contributed by atoms with van der Waals surface area (Å²) in [6, 6.07) is 40.1. The number of amidine groups is 1. The molecule has 0 fully saturated rings. The van der Waals surface area contributed by atoms with E-state index in [2.05, 4.69) is 116 Å². The predicted molar refractivity (Wildman–Crippen MR) is 157 cm³/mol. The first-order chi connectivity index (χ1) is 17.6. The van der Waals surface area contributed by atoms with Crippen LogP contribution in [-0.4, -0.2) is 22.9 Å². The third kappa shape index (κ3) is 4.53. The monoisotopic (exact) mass is 509 g/mol. The third-order valence-electron chi connectivity index (χ3n) is 6.37. The number of nitrogens with zero attached hydrogens (tertiary/aromatic N) is 1. The average molecular weight is 510 g/mol. The van der Waals surface area contributed by atoms with Crippen LogP contribution < -0.4 is 21.2 Å². The van der Waals surface area contributed by atoms with Crippen LogP contribution in [0.15, 0.2) is 131 Å². The topological polar surface area (TPSA) is 44.6 Å². The molecule has 180 valence electrons. The molecule has 1 aliphatic heterocycles. The molecule has 1 heterocycles. The van der Waals surface area contributed by atoms with Crippen LogP contribution in [0.5, 0.6) is 0 Å². The lowest BCUT2D eigenvalue weighted by atomic mass is 10.1. The van der Waals surface area contributed by atoms with Gasteiger partial charge in [0.2, 0.25) is 6.23 Å². The largest absolute Gasteiger partial charge is 0.365 e. The van der Waals surface area contributed by atoms with Crippen LogP contribution in [0.3, 0.4) is 0 Å². The van der Waals surface area contributed by atoms with Gasteiger partial charge in [0.25, 0.3) is 0 Å². The standard InChI is InChI=1S/C31H30N2OPS/c1-3-36-31-28(30(34)32-29(33-31)24-21-19-23(2)20-22-24)35(25-13-7-4-8-14-25,26-15-9-5-10-16-26)27-17-11-6-12-18-27/h4-22,30,34H,3H2,1-2H3,(H,32,33)/q+1. The Morgan fingerprint density at radius 1 is 0.750 bits per heavy atom. The normalized spacial score (nSPS) is 15.9. The minimum absolute atomic E-state index is 0.703. The Hall–Kier alpha value is -3.17. The average Bonchev–Trinajstić information content (AvgIpc) is 2.93. The Balaban J connectivity index is 1.80. The maximum atomic E-state index is 11.9. The number of benzene rings is 4. The van der Waals surface area contributed by atoms with E-state index in [0.717, 1.165) is 21.7 Å². The predicted octanol–water partition coefficient (Wildman–Crippen LogP) is 5.58. The van der Waals surface area contributed by atoms with Crippen LogP contribution in [-0.2, 0) is 0 Å². The van der Waals surface area contributed by atoms with Crippen molar-refractivity contribution in [3.8, 4) is 0 Å². The molecule has 0 aromatic heterocycles. The lowest BCUT2D eigenvalue weighted by molar-refractivity contribution is 0.226. The molecule has 4 aromatic carbocycles. The van der Waals surface area contributed by atoms with Crippen LogP contribution in [0.2, 0.25) is 0 Å². The highest BCUT2D eigenvalue weighted by Crippen LogP contribution is 2.65. The van der Waals surface area contributed by atoms with Crippen LogP contribution >= 0.6 is 19.0 Å². The summed E-state index contributed by atoms with van der Waals surface area (Å²) >= 11 is 1.73. The van der Waals surface area contributed by atoms with Crippen molar-refractivity contribution >= 4 is 40.8 Å². The Morgan fingerprint density at radius 2 is 1.22 bits per heavy atom. The van der Waals surface area contributed by atoms with E-state index in [9.17, 15) is 5.11 Å². The van der Waals surface area contributed by atoms with Gasteiger partial charge in [-0.1, -0.05) is 91.3 Å². The number of rotatable bonds is 7. The SMILES string of the molecule is CCSC1=C([P+](c2ccccc2)(c2ccccc2)c2ccccc2)C(O)N=C(c2ccc(C)cc2)N1. The summed E-state index contributed by atoms with van der Waals surface area (Å²) in [6.45, 7) is 4.22. The number of hydrogen-bond acceptors (Lipinski definition) is 4. The van der Waals surface area contributed by atoms with Gasteiger partial charge in [0.05, 0.1) is 0 Å². The number of aliphatic imine (C=N–C) groups is 1. The van der Waals surface area contributed by atoms with E-state index in [1.54, 1.807) is 11.8 Å². The summed E-state index contributed by atoms with van der Waals surface area (Å²) in [4.78, 5) is 4.86. The van der Waals surface area contributed by atoms with Crippen molar-refractivity contribution in [3.63, 3.8) is 0 Å². The molecule has 0 aliphatic carbocycles. The van der Waals surface area contributed by atoms with Crippen molar-refractivity contribution < 1.29 is 5.11 Å². The van der Waals surface area contributed by atoms with E-state index in [1.807, 2.05) is 18.2 Å². The summed E-state index contributed by atoms with van der Waals surface area (Å²) in [5.41, 5.74) is 2.16. The zero-order chi connectivity index (χ0) is 25.0. The second-order valence-corrected chi connectivity index (χ2v) is 13.3. The number of aliphatic hydroxyl groups excluding tert-OH is 1. The number of thioether (sulfide) groups is 1. The second-order valence-electron chi connectivity index (χ2n) is 8.67. The highest BCUT2D eigenvalue weighted by atomic mass is 32.2. The van der Waals surface area contributed by atoms with Gasteiger partial charge in [0.1, 0.15) is 34.0 Å². The first kappa shape index (κ1) is 24.5. The molecule has 5 heteroatoms. The number of hydrogen-bond donors (Lipinski definition) is 2. The second kappa shape index (κ2) is 10.8. The van der Waals surface area contributed by atoms with Gasteiger partial charge in [-0.25, -0.2) is 4.99 Å². The molecular weight excluding hydrogens is 479 g/mol. The molecule has 36 heavy (non-hydrogen) atoms. The van der Waals surface area contributed by atoms with Gasteiger partial charge in [-0.3, -0.25) is 0 Å². The maximum Gasteiger partial charge on any atom is 0.209 e. The summed E-state index contributed by atoms with van der Waals surface area (Å²) in [6.07, 6.45) is -0.981. The molecule has 0 radical (unpaired) electrons. The molecule has 0 saturated heterocycles. The molecule has 0 bridgehead atoms. The Kier molecular flexibility index (Phi) is 7.38. The Labute approximate surface area is 218 Å². The molecule has 0 amide bonds. The van der Waals surface area contributed by atoms with Gasteiger partial charge < -0.3 is 10.4 Å². The summed E-state index contributed by atoms with van der Waals surface area (Å²) < 4.78 is 0. The highest BCUT2D eigenvalue weighted by molar-refractivity contribution is 8.05. The van der Waals surface area contributed by atoms with Crippen molar-refractivity contribution in [1.29, 1.82) is 0 Å². The molecule has 4 aromatic rings. The first-order valence-corrected chi connectivity index (χ1v) is 15.0. The fourth-order valence-corrected chi connectivity index (χ4v) is 10.4. The molecular formula is C31H30N2OPS+. The lowest BCUT2D eigenvalue weighted by Gasteiger charge is -2.34. The van der Waals surface area contributed by atoms with Crippen molar-refractivity contribution in [2.24, 2.45) is 4.99 Å². The van der Waals surface area contributed by atoms with Crippen LogP contribution in [0.1, 0.15) is 18.1 Å². The fraction of sp³-hybridized carbons (Fsp3) is 0.129. The van der Waals surface area contributed by atoms with E-state index in [0.29, 0.717) is 5.84 Å². The molecule has 1 atom stereocenters. The summed E-state index contributed by atoms with van der Waals surface area (Å²) in [5, 5.41) is 21.1. The Morgan fingerprint density at radius 3 is 1.67 bits per heavy atom. The van der Waals surface area contributed by atoms with Gasteiger partial charge in [0, 0.05) is 5.56 Å². The van der Waals surface area contributed by atoms with Crippen molar-refractivity contribution in [1.82, 2.24) is 5.32 Å². The summed E-state index contributed by atoms with van der Waals surface area (Å²) in [5.74, 6) is 1.58. The third-order valence-corrected chi connectivity index (χ3v) is 11.8. The molecule has 3 nitrogen and oxygen atoms in total. The van der Waals surface area contributed by atoms with Gasteiger partial charge in [0.15, 0.2) is 5.31 Å². The van der Waals surface area contributed by atoms with Gasteiger partial charge in [-0.05, 0) is 49.1 Å². The molecule has 0 saturated carbocycles. The minimum atomic E-state index is -2.46. The first-order valence-electron chi connectivity index (χ1n) is 12.2. The molecule has 1 unspecified atom stereocenters. The smallest absolute Gasteiger partial charge is 0.209 e. The molecule has 0 spiro atoms. The summed E-state index contributed by atoms with van der Waals surface area (Å²) in [7, 11) is -2.46. The van der Waals surface area contributed by atoms with E-state index >= 15 is 0 Å². The van der Waals surface area contributed by atoms with Crippen LogP contribution in [0.25, 0.3) is 0 Å². The van der Waals surface area contributed by atoms with E-state index in [1.165, 1.54) is 21.5 Å². The molecule has 2 N–H and O–H groups in total.